The maximum absolute atomic E-state index is 13.2. The molecule has 106 valence electrons. The van der Waals surface area contributed by atoms with E-state index in [4.69, 9.17) is 11.6 Å². The molecular formula is C16H16BrClFN. The molecule has 0 spiro atoms. The van der Waals surface area contributed by atoms with Gasteiger partial charge in [-0.1, -0.05) is 39.7 Å². The van der Waals surface area contributed by atoms with E-state index < -0.39 is 0 Å². The Hall–Kier alpha value is -0.900. The molecule has 0 fully saturated rings. The average molecular weight is 357 g/mol. The predicted molar refractivity (Wildman–Crippen MR) is 85.6 cm³/mol. The van der Waals surface area contributed by atoms with Crippen molar-refractivity contribution in [2.75, 3.05) is 0 Å². The fourth-order valence-electron chi connectivity index (χ4n) is 2.05. The smallest absolute Gasteiger partial charge is 0.125 e. The Kier molecular flexibility index (Phi) is 5.58. The van der Waals surface area contributed by atoms with E-state index in [1.54, 1.807) is 6.07 Å². The molecule has 0 aliphatic rings. The average Bonchev–Trinajstić information content (AvgIpc) is 2.38. The van der Waals surface area contributed by atoms with Gasteiger partial charge in [-0.2, -0.15) is 0 Å². The third-order valence-electron chi connectivity index (χ3n) is 3.03. The topological polar surface area (TPSA) is 12.0 Å². The van der Waals surface area contributed by atoms with Crippen LogP contribution in [0.2, 0.25) is 5.02 Å². The standard InChI is InChI=1S/C16H16BrClFN/c1-11(6-12-2-4-14(17)5-3-12)20-10-13-7-15(18)9-16(19)8-13/h2-5,7-9,11,20H,6,10H2,1H3. The first kappa shape index (κ1) is 15.5. The van der Waals surface area contributed by atoms with Gasteiger partial charge in [0.2, 0.25) is 0 Å². The van der Waals surface area contributed by atoms with Crippen molar-refractivity contribution in [3.05, 3.63) is 68.9 Å². The Labute approximate surface area is 132 Å². The third kappa shape index (κ3) is 4.89. The molecule has 0 aliphatic carbocycles. The molecule has 0 saturated carbocycles. The van der Waals surface area contributed by atoms with Crippen LogP contribution in [0.1, 0.15) is 18.1 Å². The normalized spacial score (nSPS) is 12.4. The Morgan fingerprint density at radius 3 is 2.50 bits per heavy atom. The molecule has 0 saturated heterocycles. The van der Waals surface area contributed by atoms with Crippen molar-refractivity contribution in [1.29, 1.82) is 0 Å². The molecule has 20 heavy (non-hydrogen) atoms. The van der Waals surface area contributed by atoms with E-state index in [0.29, 0.717) is 17.6 Å². The highest BCUT2D eigenvalue weighted by molar-refractivity contribution is 9.10. The number of benzene rings is 2. The summed E-state index contributed by atoms with van der Waals surface area (Å²) >= 11 is 9.26. The number of nitrogens with one attached hydrogen (secondary N) is 1. The third-order valence-corrected chi connectivity index (χ3v) is 3.78. The van der Waals surface area contributed by atoms with Crippen molar-refractivity contribution in [2.24, 2.45) is 0 Å². The summed E-state index contributed by atoms with van der Waals surface area (Å²) in [6, 6.07) is 13.2. The van der Waals surface area contributed by atoms with E-state index in [0.717, 1.165) is 16.5 Å². The quantitative estimate of drug-likeness (QED) is 0.798. The zero-order valence-electron chi connectivity index (χ0n) is 11.2. The summed E-state index contributed by atoms with van der Waals surface area (Å²) in [4.78, 5) is 0. The van der Waals surface area contributed by atoms with E-state index in [9.17, 15) is 4.39 Å². The first-order valence-corrected chi connectivity index (χ1v) is 7.63. The highest BCUT2D eigenvalue weighted by Gasteiger charge is 2.05. The molecule has 0 aliphatic heterocycles. The van der Waals surface area contributed by atoms with Crippen LogP contribution in [0.3, 0.4) is 0 Å². The van der Waals surface area contributed by atoms with E-state index in [1.807, 2.05) is 12.1 Å². The molecule has 2 aromatic carbocycles. The Balaban J connectivity index is 1.88. The van der Waals surface area contributed by atoms with Gasteiger partial charge < -0.3 is 5.32 Å². The summed E-state index contributed by atoms with van der Waals surface area (Å²) in [6.45, 7) is 2.72. The Morgan fingerprint density at radius 1 is 1.15 bits per heavy atom. The molecule has 2 rings (SSSR count). The van der Waals surface area contributed by atoms with Crippen LogP contribution in [0.4, 0.5) is 4.39 Å². The van der Waals surface area contributed by atoms with Gasteiger partial charge in [-0.3, -0.25) is 0 Å². The summed E-state index contributed by atoms with van der Waals surface area (Å²) in [5, 5.41) is 3.81. The number of rotatable bonds is 5. The molecule has 0 heterocycles. The largest absolute Gasteiger partial charge is 0.310 e. The first-order chi connectivity index (χ1) is 9.52. The Morgan fingerprint density at radius 2 is 1.85 bits per heavy atom. The van der Waals surface area contributed by atoms with Crippen molar-refractivity contribution < 1.29 is 4.39 Å². The van der Waals surface area contributed by atoms with Crippen molar-refractivity contribution in [2.45, 2.75) is 25.9 Å². The van der Waals surface area contributed by atoms with Gasteiger partial charge in [0.25, 0.3) is 0 Å². The summed E-state index contributed by atoms with van der Waals surface area (Å²) in [5.74, 6) is -0.296. The van der Waals surface area contributed by atoms with Crippen LogP contribution in [0, 0.1) is 5.82 Å². The summed E-state index contributed by atoms with van der Waals surface area (Å²) < 4.78 is 14.3. The minimum absolute atomic E-state index is 0.296. The van der Waals surface area contributed by atoms with Crippen molar-refractivity contribution in [1.82, 2.24) is 5.32 Å². The molecular weight excluding hydrogens is 341 g/mol. The number of halogens is 3. The van der Waals surface area contributed by atoms with Gasteiger partial charge in [0.1, 0.15) is 5.82 Å². The van der Waals surface area contributed by atoms with Crippen LogP contribution in [0.15, 0.2) is 46.9 Å². The van der Waals surface area contributed by atoms with Gasteiger partial charge in [-0.05, 0) is 54.8 Å². The summed E-state index contributed by atoms with van der Waals surface area (Å²) in [6.07, 6.45) is 0.927. The van der Waals surface area contributed by atoms with Crippen LogP contribution in [-0.2, 0) is 13.0 Å². The predicted octanol–water partition coefficient (Wildman–Crippen LogP) is 4.96. The highest BCUT2D eigenvalue weighted by Crippen LogP contribution is 2.15. The zero-order valence-corrected chi connectivity index (χ0v) is 13.5. The lowest BCUT2D eigenvalue weighted by molar-refractivity contribution is 0.542. The molecule has 0 aromatic heterocycles. The van der Waals surface area contributed by atoms with E-state index >= 15 is 0 Å². The van der Waals surface area contributed by atoms with Gasteiger partial charge in [0, 0.05) is 22.1 Å². The fraction of sp³-hybridized carbons (Fsp3) is 0.250. The molecule has 0 radical (unpaired) electrons. The van der Waals surface area contributed by atoms with Crippen molar-refractivity contribution in [3.8, 4) is 0 Å². The van der Waals surface area contributed by atoms with Gasteiger partial charge in [-0.15, -0.1) is 0 Å². The summed E-state index contributed by atoms with van der Waals surface area (Å²) in [7, 11) is 0. The number of hydrogen-bond acceptors (Lipinski definition) is 1. The second kappa shape index (κ2) is 7.21. The second-order valence-electron chi connectivity index (χ2n) is 4.89. The lowest BCUT2D eigenvalue weighted by atomic mass is 10.1. The van der Waals surface area contributed by atoms with Crippen molar-refractivity contribution in [3.63, 3.8) is 0 Å². The molecule has 1 N–H and O–H groups in total. The van der Waals surface area contributed by atoms with Gasteiger partial charge in [0.05, 0.1) is 0 Å². The molecule has 1 atom stereocenters. The van der Waals surface area contributed by atoms with E-state index in [2.05, 4.69) is 40.3 Å². The maximum atomic E-state index is 13.2. The fourth-order valence-corrected chi connectivity index (χ4v) is 2.56. The maximum Gasteiger partial charge on any atom is 0.125 e. The highest BCUT2D eigenvalue weighted by atomic mass is 79.9. The monoisotopic (exact) mass is 355 g/mol. The minimum atomic E-state index is -0.296. The van der Waals surface area contributed by atoms with Crippen LogP contribution in [-0.4, -0.2) is 6.04 Å². The first-order valence-electron chi connectivity index (χ1n) is 6.46. The molecule has 2 aromatic rings. The zero-order chi connectivity index (χ0) is 14.5. The lowest BCUT2D eigenvalue weighted by Crippen LogP contribution is -2.27. The minimum Gasteiger partial charge on any atom is -0.310 e. The van der Waals surface area contributed by atoms with Crippen LogP contribution in [0.25, 0.3) is 0 Å². The van der Waals surface area contributed by atoms with Crippen LogP contribution >= 0.6 is 27.5 Å². The van der Waals surface area contributed by atoms with E-state index in [-0.39, 0.29) is 5.82 Å². The number of hydrogen-bond donors (Lipinski definition) is 1. The van der Waals surface area contributed by atoms with Gasteiger partial charge in [0.15, 0.2) is 0 Å². The molecule has 1 unspecified atom stereocenters. The lowest BCUT2D eigenvalue weighted by Gasteiger charge is -2.14. The Bertz CT molecular complexity index is 551. The molecule has 1 nitrogen and oxygen atoms in total. The second-order valence-corrected chi connectivity index (χ2v) is 6.24. The van der Waals surface area contributed by atoms with Crippen LogP contribution in [0.5, 0.6) is 0 Å². The molecule has 4 heteroatoms. The molecule has 0 amide bonds. The van der Waals surface area contributed by atoms with Gasteiger partial charge >= 0.3 is 0 Å². The van der Waals surface area contributed by atoms with E-state index in [1.165, 1.54) is 17.7 Å². The van der Waals surface area contributed by atoms with Gasteiger partial charge in [-0.25, -0.2) is 4.39 Å². The summed E-state index contributed by atoms with van der Waals surface area (Å²) in [5.41, 5.74) is 2.13. The SMILES string of the molecule is CC(Cc1ccc(Br)cc1)NCc1cc(F)cc(Cl)c1. The molecule has 0 bridgehead atoms. The van der Waals surface area contributed by atoms with Crippen molar-refractivity contribution >= 4 is 27.5 Å². The van der Waals surface area contributed by atoms with Crippen LogP contribution < -0.4 is 5.32 Å².